The lowest BCUT2D eigenvalue weighted by Gasteiger charge is -2.09. The number of benzene rings is 2. The number of rotatable bonds is 5. The second-order valence-corrected chi connectivity index (χ2v) is 7.68. The van der Waals surface area contributed by atoms with Crippen LogP contribution in [-0.2, 0) is 14.8 Å². The molecule has 0 saturated heterocycles. The van der Waals surface area contributed by atoms with Crippen molar-refractivity contribution in [1.82, 2.24) is 9.78 Å². The molecule has 0 atom stereocenters. The number of aromatic nitrogens is 2. The molecule has 2 aromatic carbocycles. The summed E-state index contributed by atoms with van der Waals surface area (Å²) in [5, 5.41) is 4.28. The Bertz CT molecular complexity index is 1120. The number of methoxy groups -OCH3 is 1. The van der Waals surface area contributed by atoms with Crippen LogP contribution in [-0.4, -0.2) is 31.3 Å². The number of hydrogen-bond acceptors (Lipinski definition) is 5. The fourth-order valence-corrected chi connectivity index (χ4v) is 4.30. The molecule has 9 heteroatoms. The van der Waals surface area contributed by atoms with Gasteiger partial charge in [-0.05, 0) is 62.4 Å². The topological polar surface area (TPSA) is 90.3 Å². The molecule has 0 aliphatic rings. The summed E-state index contributed by atoms with van der Waals surface area (Å²) in [5.74, 6) is -0.906. The molecular weight excluding hydrogens is 385 g/mol. The normalized spacial score (nSPS) is 11.3. The molecule has 1 N–H and O–H groups in total. The van der Waals surface area contributed by atoms with Gasteiger partial charge in [0.15, 0.2) is 0 Å². The van der Waals surface area contributed by atoms with Crippen LogP contribution in [0, 0.1) is 19.7 Å². The van der Waals surface area contributed by atoms with Gasteiger partial charge in [0, 0.05) is 5.69 Å². The van der Waals surface area contributed by atoms with Gasteiger partial charge in [-0.2, -0.15) is 5.10 Å². The van der Waals surface area contributed by atoms with E-state index in [2.05, 4.69) is 14.6 Å². The summed E-state index contributed by atoms with van der Waals surface area (Å²) in [7, 11) is -2.67. The number of sulfonamides is 1. The van der Waals surface area contributed by atoms with Crippen LogP contribution in [0.25, 0.3) is 5.69 Å². The van der Waals surface area contributed by atoms with Crippen molar-refractivity contribution in [3.05, 3.63) is 71.3 Å². The number of halogens is 1. The van der Waals surface area contributed by atoms with Crippen molar-refractivity contribution < 1.29 is 22.3 Å². The molecule has 1 aromatic heterocycles. The molecule has 0 aliphatic heterocycles. The SMILES string of the molecule is COC(=O)c1ccc(NS(=O)(=O)c2c(C)nn(-c3ccc(F)cc3)c2C)cc1. The van der Waals surface area contributed by atoms with E-state index in [1.165, 1.54) is 60.3 Å². The van der Waals surface area contributed by atoms with Gasteiger partial charge < -0.3 is 4.74 Å². The average molecular weight is 403 g/mol. The lowest BCUT2D eigenvalue weighted by Crippen LogP contribution is -2.15. The van der Waals surface area contributed by atoms with Gasteiger partial charge in [0.1, 0.15) is 10.7 Å². The largest absolute Gasteiger partial charge is 0.465 e. The zero-order chi connectivity index (χ0) is 20.5. The van der Waals surface area contributed by atoms with Crippen LogP contribution in [0.15, 0.2) is 53.4 Å². The van der Waals surface area contributed by atoms with Gasteiger partial charge in [-0.3, -0.25) is 4.72 Å². The predicted molar refractivity (Wildman–Crippen MR) is 102 cm³/mol. The highest BCUT2D eigenvalue weighted by molar-refractivity contribution is 7.92. The third kappa shape index (κ3) is 3.74. The van der Waals surface area contributed by atoms with Crippen molar-refractivity contribution in [2.75, 3.05) is 11.8 Å². The maximum Gasteiger partial charge on any atom is 0.337 e. The van der Waals surface area contributed by atoms with E-state index in [1.807, 2.05) is 0 Å². The zero-order valence-electron chi connectivity index (χ0n) is 15.4. The number of carbonyl (C=O) groups is 1. The van der Waals surface area contributed by atoms with Crippen molar-refractivity contribution >= 4 is 21.7 Å². The monoisotopic (exact) mass is 403 g/mol. The minimum absolute atomic E-state index is 0.0360. The van der Waals surface area contributed by atoms with Crippen molar-refractivity contribution in [3.8, 4) is 5.69 Å². The summed E-state index contributed by atoms with van der Waals surface area (Å²) < 4.78 is 47.5. The number of nitrogens with one attached hydrogen (secondary N) is 1. The first-order valence-corrected chi connectivity index (χ1v) is 9.74. The molecule has 7 nitrogen and oxygen atoms in total. The molecule has 0 amide bonds. The Kier molecular flexibility index (Phi) is 5.19. The molecule has 0 aliphatic carbocycles. The van der Waals surface area contributed by atoms with Gasteiger partial charge in [0.2, 0.25) is 0 Å². The van der Waals surface area contributed by atoms with Crippen molar-refractivity contribution in [2.45, 2.75) is 18.7 Å². The number of carbonyl (C=O) groups excluding carboxylic acids is 1. The molecule has 0 unspecified atom stereocenters. The minimum Gasteiger partial charge on any atom is -0.465 e. The molecule has 28 heavy (non-hydrogen) atoms. The number of ether oxygens (including phenoxy) is 1. The molecule has 0 bridgehead atoms. The Morgan fingerprint density at radius 1 is 1.07 bits per heavy atom. The van der Waals surface area contributed by atoms with Gasteiger partial charge >= 0.3 is 5.97 Å². The van der Waals surface area contributed by atoms with E-state index in [0.29, 0.717) is 28.3 Å². The lowest BCUT2D eigenvalue weighted by molar-refractivity contribution is 0.0600. The van der Waals surface area contributed by atoms with E-state index in [-0.39, 0.29) is 4.90 Å². The number of aryl methyl sites for hydroxylation is 1. The van der Waals surface area contributed by atoms with Crippen LogP contribution >= 0.6 is 0 Å². The molecule has 0 fully saturated rings. The van der Waals surface area contributed by atoms with Crippen LogP contribution in [0.2, 0.25) is 0 Å². The minimum atomic E-state index is -3.93. The van der Waals surface area contributed by atoms with Crippen LogP contribution in [0.3, 0.4) is 0 Å². The fourth-order valence-electron chi connectivity index (χ4n) is 2.85. The van der Waals surface area contributed by atoms with E-state index >= 15 is 0 Å². The third-order valence-corrected chi connectivity index (χ3v) is 5.76. The van der Waals surface area contributed by atoms with Crippen LogP contribution in [0.1, 0.15) is 21.7 Å². The summed E-state index contributed by atoms with van der Waals surface area (Å²) in [4.78, 5) is 11.5. The molecule has 146 valence electrons. The third-order valence-electron chi connectivity index (χ3n) is 4.12. The maximum atomic E-state index is 13.2. The van der Waals surface area contributed by atoms with E-state index in [9.17, 15) is 17.6 Å². The standard InChI is InChI=1S/C19H18FN3O4S/c1-12-18(13(2)23(21-12)17-10-6-15(20)7-11-17)28(25,26)22-16-8-4-14(5-9-16)19(24)27-3/h4-11,22H,1-3H3. The Morgan fingerprint density at radius 2 is 1.68 bits per heavy atom. The van der Waals surface area contributed by atoms with Crippen molar-refractivity contribution in [3.63, 3.8) is 0 Å². The highest BCUT2D eigenvalue weighted by Gasteiger charge is 2.25. The number of hydrogen-bond donors (Lipinski definition) is 1. The Labute approximate surface area is 161 Å². The molecule has 0 radical (unpaired) electrons. The predicted octanol–water partition coefficient (Wildman–Crippen LogP) is 3.22. The van der Waals surface area contributed by atoms with E-state index in [4.69, 9.17) is 0 Å². The lowest BCUT2D eigenvalue weighted by atomic mass is 10.2. The zero-order valence-corrected chi connectivity index (χ0v) is 16.2. The molecular formula is C19H18FN3O4S. The highest BCUT2D eigenvalue weighted by atomic mass is 32.2. The Morgan fingerprint density at radius 3 is 2.25 bits per heavy atom. The van der Waals surface area contributed by atoms with Gasteiger partial charge in [0.05, 0.1) is 29.7 Å². The summed E-state index contributed by atoms with van der Waals surface area (Å²) in [6, 6.07) is 11.5. The molecule has 3 rings (SSSR count). The first kappa shape index (κ1) is 19.6. The first-order chi connectivity index (χ1) is 13.2. The number of anilines is 1. The summed E-state index contributed by atoms with van der Waals surface area (Å²) in [6.07, 6.45) is 0. The van der Waals surface area contributed by atoms with Crippen molar-refractivity contribution in [2.24, 2.45) is 0 Å². The van der Waals surface area contributed by atoms with Gasteiger partial charge in [-0.1, -0.05) is 0 Å². The van der Waals surface area contributed by atoms with E-state index in [0.717, 1.165) is 0 Å². The molecule has 0 spiro atoms. The second-order valence-electron chi connectivity index (χ2n) is 6.06. The molecule has 1 heterocycles. The van der Waals surface area contributed by atoms with Gasteiger partial charge in [0.25, 0.3) is 10.0 Å². The van der Waals surface area contributed by atoms with E-state index < -0.39 is 21.8 Å². The van der Waals surface area contributed by atoms with E-state index in [1.54, 1.807) is 13.8 Å². The summed E-state index contributed by atoms with van der Waals surface area (Å²) in [6.45, 7) is 3.21. The van der Waals surface area contributed by atoms with Crippen LogP contribution in [0.5, 0.6) is 0 Å². The van der Waals surface area contributed by atoms with Gasteiger partial charge in [-0.25, -0.2) is 22.3 Å². The summed E-state index contributed by atoms with van der Waals surface area (Å²) in [5.41, 5.74) is 1.84. The smallest absolute Gasteiger partial charge is 0.337 e. The highest BCUT2D eigenvalue weighted by Crippen LogP contribution is 2.25. The quantitative estimate of drug-likeness (QED) is 0.661. The van der Waals surface area contributed by atoms with Crippen molar-refractivity contribution in [1.29, 1.82) is 0 Å². The van der Waals surface area contributed by atoms with Crippen LogP contribution < -0.4 is 4.72 Å². The first-order valence-electron chi connectivity index (χ1n) is 8.26. The molecule has 0 saturated carbocycles. The number of esters is 1. The molecule has 3 aromatic rings. The Balaban J connectivity index is 1.94. The second kappa shape index (κ2) is 7.43. The van der Waals surface area contributed by atoms with Gasteiger partial charge in [-0.15, -0.1) is 0 Å². The maximum absolute atomic E-state index is 13.2. The number of nitrogens with zero attached hydrogens (tertiary/aromatic N) is 2. The summed E-state index contributed by atoms with van der Waals surface area (Å²) >= 11 is 0. The Hall–Kier alpha value is -3.20. The average Bonchev–Trinajstić information content (AvgIpc) is 2.97. The van der Waals surface area contributed by atoms with Crippen LogP contribution in [0.4, 0.5) is 10.1 Å². The fraction of sp³-hybridized carbons (Fsp3) is 0.158.